The molecule has 2 N–H and O–H groups in total. The fraction of sp³-hybridized carbons (Fsp3) is 0.222. The van der Waals surface area contributed by atoms with E-state index in [2.05, 4.69) is 21.7 Å². The molecule has 0 spiro atoms. The van der Waals surface area contributed by atoms with E-state index in [0.717, 1.165) is 17.7 Å². The van der Waals surface area contributed by atoms with Gasteiger partial charge in [0.1, 0.15) is 5.82 Å². The van der Waals surface area contributed by atoms with Crippen LogP contribution in [0.15, 0.2) is 53.5 Å². The molecule has 2 aromatic rings. The summed E-state index contributed by atoms with van der Waals surface area (Å²) < 4.78 is 12.9. The van der Waals surface area contributed by atoms with Crippen molar-refractivity contribution in [3.05, 3.63) is 71.0 Å². The van der Waals surface area contributed by atoms with Crippen LogP contribution >= 0.6 is 24.0 Å². The van der Waals surface area contributed by atoms with Gasteiger partial charge in [-0.25, -0.2) is 9.38 Å². The molecule has 0 amide bonds. The second-order valence-corrected chi connectivity index (χ2v) is 4.98. The van der Waals surface area contributed by atoms with Gasteiger partial charge in [-0.1, -0.05) is 24.3 Å². The van der Waals surface area contributed by atoms with Crippen molar-refractivity contribution in [3.63, 3.8) is 0 Å². The zero-order valence-electron chi connectivity index (χ0n) is 13.4. The van der Waals surface area contributed by atoms with Gasteiger partial charge in [0.15, 0.2) is 5.96 Å². The Bertz CT molecular complexity index is 690. The monoisotopic (exact) mass is 438 g/mol. The van der Waals surface area contributed by atoms with Crippen LogP contribution in [0.2, 0.25) is 0 Å². The predicted octanol–water partition coefficient (Wildman–Crippen LogP) is 3.57. The Morgan fingerprint density at radius 2 is 1.67 bits per heavy atom. The molecule has 0 unspecified atom stereocenters. The summed E-state index contributed by atoms with van der Waals surface area (Å²) in [4.78, 5) is 4.51. The van der Waals surface area contributed by atoms with E-state index in [4.69, 9.17) is 5.26 Å². The number of nitrogens with one attached hydrogen (secondary N) is 2. The van der Waals surface area contributed by atoms with Crippen LogP contribution in [0.5, 0.6) is 0 Å². The Hall–Kier alpha value is -2.14. The third-order valence-electron chi connectivity index (χ3n) is 3.22. The van der Waals surface area contributed by atoms with Gasteiger partial charge in [0.05, 0.1) is 18.2 Å². The second-order valence-electron chi connectivity index (χ2n) is 4.98. The van der Waals surface area contributed by atoms with Gasteiger partial charge >= 0.3 is 0 Å². The van der Waals surface area contributed by atoms with Crippen molar-refractivity contribution in [1.82, 2.24) is 10.6 Å². The van der Waals surface area contributed by atoms with E-state index in [0.29, 0.717) is 24.6 Å². The standard InChI is InChI=1S/C18H19FN4.HI/c1-2-21-18(23-13-16-7-9-17(19)10-8-16)22-12-15-5-3-14(11-20)4-6-15;/h3-10H,2,12-13H2,1H3,(H2,21,22,23);1H. The molecule has 126 valence electrons. The summed E-state index contributed by atoms with van der Waals surface area (Å²) in [7, 11) is 0. The van der Waals surface area contributed by atoms with E-state index < -0.39 is 0 Å². The van der Waals surface area contributed by atoms with Gasteiger partial charge in [0.2, 0.25) is 0 Å². The van der Waals surface area contributed by atoms with Crippen molar-refractivity contribution < 1.29 is 4.39 Å². The highest BCUT2D eigenvalue weighted by atomic mass is 127. The molecule has 0 aromatic heterocycles. The minimum Gasteiger partial charge on any atom is -0.357 e. The lowest BCUT2D eigenvalue weighted by molar-refractivity contribution is 0.626. The van der Waals surface area contributed by atoms with Crippen molar-refractivity contribution in [2.24, 2.45) is 4.99 Å². The number of benzene rings is 2. The van der Waals surface area contributed by atoms with Gasteiger partial charge in [-0.15, -0.1) is 24.0 Å². The summed E-state index contributed by atoms with van der Waals surface area (Å²) in [5.74, 6) is 0.455. The molecular formula is C18H20FIN4. The van der Waals surface area contributed by atoms with Crippen LogP contribution in [-0.2, 0) is 13.1 Å². The number of aliphatic imine (C=N–C) groups is 1. The number of rotatable bonds is 5. The second kappa shape index (κ2) is 10.6. The van der Waals surface area contributed by atoms with Gasteiger partial charge in [-0.2, -0.15) is 5.26 Å². The van der Waals surface area contributed by atoms with Crippen molar-refractivity contribution in [2.45, 2.75) is 20.0 Å². The Morgan fingerprint density at radius 3 is 2.25 bits per heavy atom. The molecule has 0 radical (unpaired) electrons. The van der Waals surface area contributed by atoms with Crippen molar-refractivity contribution in [2.75, 3.05) is 6.54 Å². The molecule has 2 rings (SSSR count). The van der Waals surface area contributed by atoms with E-state index in [9.17, 15) is 4.39 Å². The van der Waals surface area contributed by atoms with E-state index in [1.165, 1.54) is 12.1 Å². The molecule has 0 fully saturated rings. The van der Waals surface area contributed by atoms with Crippen molar-refractivity contribution >= 4 is 29.9 Å². The molecule has 0 bridgehead atoms. The summed E-state index contributed by atoms with van der Waals surface area (Å²) in [6.07, 6.45) is 0. The number of hydrogen-bond donors (Lipinski definition) is 2. The zero-order valence-corrected chi connectivity index (χ0v) is 15.8. The molecule has 6 heteroatoms. The quantitative estimate of drug-likeness (QED) is 0.427. The van der Waals surface area contributed by atoms with Crippen LogP contribution in [0.4, 0.5) is 4.39 Å². The average Bonchev–Trinajstić information content (AvgIpc) is 2.59. The van der Waals surface area contributed by atoms with Gasteiger partial charge in [-0.3, -0.25) is 0 Å². The SMILES string of the molecule is CCNC(=NCc1ccc(C#N)cc1)NCc1ccc(F)cc1.I. The number of guanidine groups is 1. The number of halogens is 2. The number of nitriles is 1. The highest BCUT2D eigenvalue weighted by Gasteiger charge is 1.99. The Labute approximate surface area is 158 Å². The molecule has 0 aliphatic carbocycles. The van der Waals surface area contributed by atoms with Crippen LogP contribution in [0.3, 0.4) is 0 Å². The molecule has 24 heavy (non-hydrogen) atoms. The van der Waals surface area contributed by atoms with Crippen molar-refractivity contribution in [3.8, 4) is 6.07 Å². The molecule has 0 saturated heterocycles. The first-order valence-electron chi connectivity index (χ1n) is 7.47. The Morgan fingerprint density at radius 1 is 1.04 bits per heavy atom. The Balaban J connectivity index is 0.00000288. The number of hydrogen-bond acceptors (Lipinski definition) is 2. The highest BCUT2D eigenvalue weighted by Crippen LogP contribution is 2.05. The van der Waals surface area contributed by atoms with Crippen LogP contribution in [0.25, 0.3) is 0 Å². The van der Waals surface area contributed by atoms with Crippen LogP contribution in [-0.4, -0.2) is 12.5 Å². The normalized spacial score (nSPS) is 10.5. The lowest BCUT2D eigenvalue weighted by Crippen LogP contribution is -2.36. The first-order valence-corrected chi connectivity index (χ1v) is 7.47. The van der Waals surface area contributed by atoms with Gasteiger partial charge < -0.3 is 10.6 Å². The first kappa shape index (κ1) is 19.9. The smallest absolute Gasteiger partial charge is 0.191 e. The number of nitrogens with zero attached hydrogens (tertiary/aromatic N) is 2. The lowest BCUT2D eigenvalue weighted by atomic mass is 10.1. The predicted molar refractivity (Wildman–Crippen MR) is 105 cm³/mol. The summed E-state index contributed by atoms with van der Waals surface area (Å²) in [5.41, 5.74) is 2.65. The van der Waals surface area contributed by atoms with Crippen LogP contribution < -0.4 is 10.6 Å². The third-order valence-corrected chi connectivity index (χ3v) is 3.22. The fourth-order valence-corrected chi connectivity index (χ4v) is 1.98. The van der Waals surface area contributed by atoms with Gasteiger partial charge in [0, 0.05) is 13.1 Å². The largest absolute Gasteiger partial charge is 0.357 e. The third kappa shape index (κ3) is 6.54. The summed E-state index contributed by atoms with van der Waals surface area (Å²) >= 11 is 0. The van der Waals surface area contributed by atoms with E-state index in [-0.39, 0.29) is 29.8 Å². The molecule has 0 aliphatic rings. The minimum absolute atomic E-state index is 0. The zero-order chi connectivity index (χ0) is 16.5. The molecule has 0 atom stereocenters. The summed E-state index contributed by atoms with van der Waals surface area (Å²) in [6.45, 7) is 3.84. The first-order chi connectivity index (χ1) is 11.2. The minimum atomic E-state index is -0.241. The van der Waals surface area contributed by atoms with Gasteiger partial charge in [0.25, 0.3) is 0 Å². The average molecular weight is 438 g/mol. The van der Waals surface area contributed by atoms with Crippen LogP contribution in [0, 0.1) is 17.1 Å². The van der Waals surface area contributed by atoms with E-state index in [1.54, 1.807) is 24.3 Å². The summed E-state index contributed by atoms with van der Waals surface area (Å²) in [6, 6.07) is 15.8. The molecular weight excluding hydrogens is 418 g/mol. The highest BCUT2D eigenvalue weighted by molar-refractivity contribution is 14.0. The van der Waals surface area contributed by atoms with Gasteiger partial charge in [-0.05, 0) is 42.3 Å². The molecule has 4 nitrogen and oxygen atoms in total. The molecule has 0 saturated carbocycles. The van der Waals surface area contributed by atoms with E-state index >= 15 is 0 Å². The fourth-order valence-electron chi connectivity index (χ4n) is 1.98. The van der Waals surface area contributed by atoms with Crippen molar-refractivity contribution in [1.29, 1.82) is 5.26 Å². The molecule has 0 aliphatic heterocycles. The molecule has 2 aromatic carbocycles. The maximum Gasteiger partial charge on any atom is 0.191 e. The maximum atomic E-state index is 12.9. The lowest BCUT2D eigenvalue weighted by Gasteiger charge is -2.11. The molecule has 0 heterocycles. The topological polar surface area (TPSA) is 60.2 Å². The van der Waals surface area contributed by atoms with E-state index in [1.807, 2.05) is 19.1 Å². The Kier molecular flexibility index (Phi) is 8.79. The summed E-state index contributed by atoms with van der Waals surface area (Å²) in [5, 5.41) is 15.2. The van der Waals surface area contributed by atoms with Crippen LogP contribution in [0.1, 0.15) is 23.6 Å². The maximum absolute atomic E-state index is 12.9.